The minimum atomic E-state index is -3.69. The van der Waals surface area contributed by atoms with Crippen LogP contribution in [-0.4, -0.2) is 69.4 Å². The number of nitrogens with zero attached hydrogens (tertiary/aromatic N) is 2. The summed E-state index contributed by atoms with van der Waals surface area (Å²) in [5.74, 6) is -0.0254. The summed E-state index contributed by atoms with van der Waals surface area (Å²) < 4.78 is 30.2. The Kier molecular flexibility index (Phi) is 6.17. The van der Waals surface area contributed by atoms with Crippen molar-refractivity contribution in [2.24, 2.45) is 5.14 Å². The van der Waals surface area contributed by atoms with Gasteiger partial charge in [-0.3, -0.25) is 4.79 Å². The van der Waals surface area contributed by atoms with Gasteiger partial charge in [0.1, 0.15) is 0 Å². The maximum Gasteiger partial charge on any atom is 0.277 e. The van der Waals surface area contributed by atoms with Crippen molar-refractivity contribution in [3.63, 3.8) is 0 Å². The molecule has 1 aromatic heterocycles. The number of ether oxygens (including phenoxy) is 1. The fourth-order valence-corrected chi connectivity index (χ4v) is 5.94. The van der Waals surface area contributed by atoms with Crippen molar-refractivity contribution in [2.75, 3.05) is 45.9 Å². The van der Waals surface area contributed by atoms with Crippen LogP contribution in [0, 0.1) is 0 Å². The summed E-state index contributed by atoms with van der Waals surface area (Å²) in [6.45, 7) is 3.77. The van der Waals surface area contributed by atoms with E-state index in [1.165, 1.54) is 14.7 Å². The van der Waals surface area contributed by atoms with Gasteiger partial charge in [-0.15, -0.1) is 23.7 Å². The molecule has 0 aliphatic carbocycles. The molecular formula is C16H25ClN4O4S2. The van der Waals surface area contributed by atoms with E-state index < -0.39 is 10.2 Å². The summed E-state index contributed by atoms with van der Waals surface area (Å²) in [4.78, 5) is 16.6. The molecule has 11 heteroatoms. The van der Waals surface area contributed by atoms with Crippen molar-refractivity contribution in [3.8, 4) is 0 Å². The minimum absolute atomic E-state index is 0. The number of nitrogens with two attached hydrogens (primary N) is 1. The molecule has 152 valence electrons. The second kappa shape index (κ2) is 7.94. The Bertz CT molecular complexity index is 799. The Balaban J connectivity index is 0.00000210. The second-order valence-electron chi connectivity index (χ2n) is 7.03. The van der Waals surface area contributed by atoms with E-state index in [-0.39, 0.29) is 37.0 Å². The first-order valence-electron chi connectivity index (χ1n) is 8.94. The van der Waals surface area contributed by atoms with Crippen LogP contribution in [0.25, 0.3) is 0 Å². The number of amides is 1. The maximum atomic E-state index is 12.9. The van der Waals surface area contributed by atoms with Gasteiger partial charge >= 0.3 is 0 Å². The van der Waals surface area contributed by atoms with Gasteiger partial charge in [-0.2, -0.15) is 12.7 Å². The van der Waals surface area contributed by atoms with Gasteiger partial charge in [0.2, 0.25) is 0 Å². The molecule has 27 heavy (non-hydrogen) atoms. The first-order chi connectivity index (χ1) is 12.4. The molecule has 3 aliphatic rings. The molecule has 1 spiro atoms. The number of piperidine rings is 1. The largest absolute Gasteiger partial charge is 0.370 e. The van der Waals surface area contributed by atoms with Crippen LogP contribution >= 0.6 is 23.7 Å². The van der Waals surface area contributed by atoms with Gasteiger partial charge < -0.3 is 15.0 Å². The van der Waals surface area contributed by atoms with E-state index in [1.807, 2.05) is 6.07 Å². The highest BCUT2D eigenvalue weighted by molar-refractivity contribution is 7.86. The molecule has 3 N–H and O–H groups in total. The lowest BCUT2D eigenvalue weighted by Gasteiger charge is -2.40. The average Bonchev–Trinajstić information content (AvgIpc) is 3.07. The molecule has 0 atom stereocenters. The number of hydrogen-bond donors (Lipinski definition) is 2. The van der Waals surface area contributed by atoms with Crippen LogP contribution < -0.4 is 10.5 Å². The van der Waals surface area contributed by atoms with Crippen LogP contribution in [0.4, 0.5) is 0 Å². The lowest BCUT2D eigenvalue weighted by atomic mass is 9.83. The third-order valence-electron chi connectivity index (χ3n) is 5.52. The lowest BCUT2D eigenvalue weighted by Crippen LogP contribution is -2.52. The van der Waals surface area contributed by atoms with Crippen molar-refractivity contribution in [1.82, 2.24) is 14.5 Å². The quantitative estimate of drug-likeness (QED) is 0.693. The molecule has 0 aromatic carbocycles. The Morgan fingerprint density at radius 3 is 2.52 bits per heavy atom. The molecule has 0 bridgehead atoms. The van der Waals surface area contributed by atoms with Crippen molar-refractivity contribution in [2.45, 2.75) is 24.9 Å². The van der Waals surface area contributed by atoms with Gasteiger partial charge in [-0.05, 0) is 37.6 Å². The van der Waals surface area contributed by atoms with Crippen LogP contribution in [0.2, 0.25) is 0 Å². The number of piperazine rings is 1. The van der Waals surface area contributed by atoms with E-state index in [9.17, 15) is 13.2 Å². The van der Waals surface area contributed by atoms with E-state index in [0.29, 0.717) is 19.7 Å². The van der Waals surface area contributed by atoms with Gasteiger partial charge in [0.25, 0.3) is 16.1 Å². The Hall–Kier alpha value is -0.750. The SMILES string of the molecule is Cl.NS(=O)(=O)N1CCN(C(=O)c2cc3c(s2)CCOC32CCNCC2)CC1. The number of carbonyl (C=O) groups is 1. The molecular weight excluding hydrogens is 412 g/mol. The van der Waals surface area contributed by atoms with Crippen molar-refractivity contribution in [3.05, 3.63) is 21.4 Å². The second-order valence-corrected chi connectivity index (χ2v) is 9.71. The summed E-state index contributed by atoms with van der Waals surface area (Å²) in [6, 6.07) is 2.01. The van der Waals surface area contributed by atoms with Crippen LogP contribution in [0.15, 0.2) is 6.07 Å². The topological polar surface area (TPSA) is 105 Å². The van der Waals surface area contributed by atoms with Gasteiger partial charge in [0, 0.05) is 37.5 Å². The minimum Gasteiger partial charge on any atom is -0.370 e. The van der Waals surface area contributed by atoms with Crippen LogP contribution in [0.1, 0.15) is 33.0 Å². The summed E-state index contributed by atoms with van der Waals surface area (Å²) in [5, 5.41) is 8.53. The average molecular weight is 437 g/mol. The van der Waals surface area contributed by atoms with Crippen LogP contribution in [0.3, 0.4) is 0 Å². The van der Waals surface area contributed by atoms with E-state index in [2.05, 4.69) is 5.32 Å². The first kappa shape index (κ1) is 21.0. The monoisotopic (exact) mass is 436 g/mol. The van der Waals surface area contributed by atoms with Gasteiger partial charge in [0.05, 0.1) is 17.1 Å². The zero-order chi connectivity index (χ0) is 18.4. The molecule has 1 amide bonds. The highest BCUT2D eigenvalue weighted by Crippen LogP contribution is 2.43. The standard InChI is InChI=1S/C16H24N4O4S2.ClH/c17-26(22,23)20-8-6-19(7-9-20)15(21)14-11-12-13(25-14)1-10-24-16(12)2-4-18-5-3-16;/h11,18H,1-10H2,(H2,17,22,23);1H. The summed E-state index contributed by atoms with van der Waals surface area (Å²) in [7, 11) is -3.69. The predicted octanol–water partition coefficient (Wildman–Crippen LogP) is 0.283. The molecule has 0 radical (unpaired) electrons. The van der Waals surface area contributed by atoms with Crippen molar-refractivity contribution >= 4 is 39.9 Å². The van der Waals surface area contributed by atoms with Gasteiger partial charge in [0.15, 0.2) is 0 Å². The zero-order valence-electron chi connectivity index (χ0n) is 15.0. The fourth-order valence-electron chi connectivity index (χ4n) is 4.07. The summed E-state index contributed by atoms with van der Waals surface area (Å²) >= 11 is 1.56. The third-order valence-corrected chi connectivity index (χ3v) is 7.78. The molecule has 8 nitrogen and oxygen atoms in total. The summed E-state index contributed by atoms with van der Waals surface area (Å²) in [6.07, 6.45) is 2.70. The normalized spacial score (nSPS) is 22.9. The molecule has 2 fully saturated rings. The Morgan fingerprint density at radius 2 is 1.89 bits per heavy atom. The molecule has 4 rings (SSSR count). The number of thiophene rings is 1. The Morgan fingerprint density at radius 1 is 1.22 bits per heavy atom. The number of hydrogen-bond acceptors (Lipinski definition) is 6. The van der Waals surface area contributed by atoms with Gasteiger partial charge in [-0.25, -0.2) is 5.14 Å². The smallest absolute Gasteiger partial charge is 0.277 e. The molecule has 2 saturated heterocycles. The number of rotatable bonds is 2. The van der Waals surface area contributed by atoms with Crippen molar-refractivity contribution < 1.29 is 17.9 Å². The molecule has 1 aromatic rings. The number of fused-ring (bicyclic) bond motifs is 2. The highest BCUT2D eigenvalue weighted by Gasteiger charge is 2.41. The van der Waals surface area contributed by atoms with Gasteiger partial charge in [-0.1, -0.05) is 0 Å². The molecule has 0 unspecified atom stereocenters. The van der Waals surface area contributed by atoms with E-state index in [0.717, 1.165) is 37.2 Å². The van der Waals surface area contributed by atoms with Crippen molar-refractivity contribution in [1.29, 1.82) is 0 Å². The zero-order valence-corrected chi connectivity index (χ0v) is 17.4. The number of nitrogens with one attached hydrogen (secondary N) is 1. The molecule has 4 heterocycles. The third kappa shape index (κ3) is 4.02. The Labute approximate surface area is 169 Å². The molecule has 3 aliphatic heterocycles. The van der Waals surface area contributed by atoms with E-state index in [1.54, 1.807) is 16.2 Å². The summed E-state index contributed by atoms with van der Waals surface area (Å²) in [5.41, 5.74) is 0.932. The highest BCUT2D eigenvalue weighted by atomic mass is 35.5. The van der Waals surface area contributed by atoms with E-state index in [4.69, 9.17) is 9.88 Å². The maximum absolute atomic E-state index is 12.9. The van der Waals surface area contributed by atoms with E-state index >= 15 is 0 Å². The fraction of sp³-hybridized carbons (Fsp3) is 0.688. The number of carbonyl (C=O) groups excluding carboxylic acids is 1. The van der Waals surface area contributed by atoms with Crippen LogP contribution in [0.5, 0.6) is 0 Å². The lowest BCUT2D eigenvalue weighted by molar-refractivity contribution is -0.0792. The van der Waals surface area contributed by atoms with Crippen LogP contribution in [-0.2, 0) is 27.0 Å². The molecule has 0 saturated carbocycles. The first-order valence-corrected chi connectivity index (χ1v) is 11.3. The predicted molar refractivity (Wildman–Crippen MR) is 106 cm³/mol. The number of halogens is 1.